The van der Waals surface area contributed by atoms with Crippen LogP contribution in [0.1, 0.15) is 17.0 Å². The molecule has 2 rings (SSSR count). The summed E-state index contributed by atoms with van der Waals surface area (Å²) >= 11 is 3.44. The van der Waals surface area contributed by atoms with Crippen molar-refractivity contribution < 1.29 is 5.11 Å². The average Bonchev–Trinajstić information content (AvgIpc) is 2.60. The Bertz CT molecular complexity index is 520. The first-order valence-corrected chi connectivity index (χ1v) is 5.84. The van der Waals surface area contributed by atoms with Crippen LogP contribution in [0.4, 0.5) is 0 Å². The highest BCUT2D eigenvalue weighted by molar-refractivity contribution is 9.10. The minimum absolute atomic E-state index is 0.0244. The second-order valence-electron chi connectivity index (χ2n) is 3.78. The molecule has 1 aromatic carbocycles. The number of benzene rings is 1. The number of aliphatic hydroxyl groups excluding tert-OH is 1. The Morgan fingerprint density at radius 2 is 2.06 bits per heavy atom. The van der Waals surface area contributed by atoms with Crippen LogP contribution in [-0.4, -0.2) is 14.9 Å². The maximum atomic E-state index is 9.05. The minimum Gasteiger partial charge on any atom is -0.390 e. The quantitative estimate of drug-likeness (QED) is 0.919. The van der Waals surface area contributed by atoms with Gasteiger partial charge in [-0.25, -0.2) is 4.68 Å². The highest BCUT2D eigenvalue weighted by atomic mass is 79.9. The Morgan fingerprint density at radius 3 is 2.62 bits per heavy atom. The molecule has 0 saturated carbocycles. The van der Waals surface area contributed by atoms with Crippen LogP contribution in [0.25, 0.3) is 5.69 Å². The third-order valence-electron chi connectivity index (χ3n) is 2.49. The van der Waals surface area contributed by atoms with E-state index in [4.69, 9.17) is 5.11 Å². The third kappa shape index (κ3) is 2.03. The van der Waals surface area contributed by atoms with Gasteiger partial charge in [-0.3, -0.25) is 0 Å². The maximum absolute atomic E-state index is 9.05. The standard InChI is InChI=1S/C12H13BrN2O/c1-8-5-10(13)3-4-12(8)15-9(2)6-11(7-16)14-15/h3-6,16H,7H2,1-2H3. The van der Waals surface area contributed by atoms with Crippen LogP contribution < -0.4 is 0 Å². The fourth-order valence-electron chi connectivity index (χ4n) is 1.72. The van der Waals surface area contributed by atoms with Crippen LogP contribution in [0.2, 0.25) is 0 Å². The van der Waals surface area contributed by atoms with E-state index in [1.165, 1.54) is 0 Å². The summed E-state index contributed by atoms with van der Waals surface area (Å²) in [6.45, 7) is 4.00. The van der Waals surface area contributed by atoms with Gasteiger partial charge in [-0.2, -0.15) is 5.10 Å². The van der Waals surface area contributed by atoms with Gasteiger partial charge in [-0.15, -0.1) is 0 Å². The summed E-state index contributed by atoms with van der Waals surface area (Å²) in [6.07, 6.45) is 0. The molecule has 0 radical (unpaired) electrons. The van der Waals surface area contributed by atoms with E-state index in [1.54, 1.807) is 0 Å². The Balaban J connectivity index is 2.53. The normalized spacial score (nSPS) is 10.8. The molecule has 0 spiro atoms. The number of nitrogens with zero attached hydrogens (tertiary/aromatic N) is 2. The fraction of sp³-hybridized carbons (Fsp3) is 0.250. The minimum atomic E-state index is -0.0244. The second-order valence-corrected chi connectivity index (χ2v) is 4.69. The summed E-state index contributed by atoms with van der Waals surface area (Å²) in [7, 11) is 0. The summed E-state index contributed by atoms with van der Waals surface area (Å²) < 4.78 is 2.91. The highest BCUT2D eigenvalue weighted by Crippen LogP contribution is 2.20. The molecule has 0 fully saturated rings. The van der Waals surface area contributed by atoms with Gasteiger partial charge in [0.05, 0.1) is 18.0 Å². The van der Waals surface area contributed by atoms with Gasteiger partial charge in [-0.1, -0.05) is 15.9 Å². The summed E-state index contributed by atoms with van der Waals surface area (Å²) in [5.41, 5.74) is 3.90. The molecule has 3 nitrogen and oxygen atoms in total. The number of rotatable bonds is 2. The van der Waals surface area contributed by atoms with E-state index in [1.807, 2.05) is 36.7 Å². The van der Waals surface area contributed by atoms with Crippen molar-refractivity contribution in [1.82, 2.24) is 9.78 Å². The SMILES string of the molecule is Cc1cc(Br)ccc1-n1nc(CO)cc1C. The Hall–Kier alpha value is -1.13. The topological polar surface area (TPSA) is 38.0 Å². The molecule has 16 heavy (non-hydrogen) atoms. The van der Waals surface area contributed by atoms with Gasteiger partial charge in [0, 0.05) is 10.2 Å². The molecule has 1 aromatic heterocycles. The van der Waals surface area contributed by atoms with E-state index in [9.17, 15) is 0 Å². The van der Waals surface area contributed by atoms with Gasteiger partial charge >= 0.3 is 0 Å². The zero-order valence-electron chi connectivity index (χ0n) is 9.24. The van der Waals surface area contributed by atoms with Crippen molar-refractivity contribution in [1.29, 1.82) is 0 Å². The van der Waals surface area contributed by atoms with Gasteiger partial charge in [0.25, 0.3) is 0 Å². The number of aliphatic hydroxyl groups is 1. The van der Waals surface area contributed by atoms with Crippen molar-refractivity contribution in [3.8, 4) is 5.69 Å². The molecule has 0 saturated heterocycles. The lowest BCUT2D eigenvalue weighted by atomic mass is 10.2. The first-order valence-electron chi connectivity index (χ1n) is 5.04. The first kappa shape index (κ1) is 11.4. The lowest BCUT2D eigenvalue weighted by molar-refractivity contribution is 0.276. The van der Waals surface area contributed by atoms with Crippen molar-refractivity contribution in [3.63, 3.8) is 0 Å². The van der Waals surface area contributed by atoms with Gasteiger partial charge in [0.15, 0.2) is 0 Å². The molecule has 0 aliphatic heterocycles. The van der Waals surface area contributed by atoms with Gasteiger partial charge < -0.3 is 5.11 Å². The van der Waals surface area contributed by atoms with E-state index >= 15 is 0 Å². The average molecular weight is 281 g/mol. The Morgan fingerprint density at radius 1 is 1.31 bits per heavy atom. The third-order valence-corrected chi connectivity index (χ3v) is 2.98. The summed E-state index contributed by atoms with van der Waals surface area (Å²) in [5.74, 6) is 0. The summed E-state index contributed by atoms with van der Waals surface area (Å²) in [5, 5.41) is 13.4. The van der Waals surface area contributed by atoms with Gasteiger partial charge in [0.1, 0.15) is 0 Å². The predicted molar refractivity (Wildman–Crippen MR) is 66.7 cm³/mol. The number of hydrogen-bond acceptors (Lipinski definition) is 2. The zero-order chi connectivity index (χ0) is 11.7. The predicted octanol–water partition coefficient (Wildman–Crippen LogP) is 2.74. The molecular formula is C12H13BrN2O. The number of halogens is 1. The van der Waals surface area contributed by atoms with E-state index in [2.05, 4.69) is 27.1 Å². The molecule has 0 aliphatic carbocycles. The molecule has 0 bridgehead atoms. The van der Waals surface area contributed by atoms with Gasteiger partial charge in [-0.05, 0) is 43.7 Å². The van der Waals surface area contributed by atoms with E-state index in [0.29, 0.717) is 5.69 Å². The molecule has 1 heterocycles. The monoisotopic (exact) mass is 280 g/mol. The number of hydrogen-bond donors (Lipinski definition) is 1. The molecule has 0 amide bonds. The molecule has 84 valence electrons. The highest BCUT2D eigenvalue weighted by Gasteiger charge is 2.07. The molecule has 4 heteroatoms. The van der Waals surface area contributed by atoms with Crippen LogP contribution in [-0.2, 0) is 6.61 Å². The van der Waals surface area contributed by atoms with Crippen molar-refractivity contribution in [3.05, 3.63) is 45.7 Å². The van der Waals surface area contributed by atoms with Gasteiger partial charge in [0.2, 0.25) is 0 Å². The maximum Gasteiger partial charge on any atom is 0.0886 e. The largest absolute Gasteiger partial charge is 0.390 e. The van der Waals surface area contributed by atoms with Crippen LogP contribution in [0, 0.1) is 13.8 Å². The van der Waals surface area contributed by atoms with E-state index < -0.39 is 0 Å². The molecule has 0 unspecified atom stereocenters. The molecular weight excluding hydrogens is 268 g/mol. The Kier molecular flexibility index (Phi) is 3.12. The molecule has 2 aromatic rings. The number of aromatic nitrogens is 2. The van der Waals surface area contributed by atoms with Crippen LogP contribution in [0.5, 0.6) is 0 Å². The van der Waals surface area contributed by atoms with Crippen LogP contribution in [0.3, 0.4) is 0 Å². The molecule has 0 atom stereocenters. The zero-order valence-corrected chi connectivity index (χ0v) is 10.8. The summed E-state index contributed by atoms with van der Waals surface area (Å²) in [6, 6.07) is 7.94. The van der Waals surface area contributed by atoms with Crippen molar-refractivity contribution in [2.45, 2.75) is 20.5 Å². The van der Waals surface area contributed by atoms with E-state index in [-0.39, 0.29) is 6.61 Å². The molecule has 1 N–H and O–H groups in total. The fourth-order valence-corrected chi connectivity index (χ4v) is 2.19. The Labute approximate surface area is 103 Å². The first-order chi connectivity index (χ1) is 7.61. The van der Waals surface area contributed by atoms with E-state index in [0.717, 1.165) is 21.4 Å². The molecule has 0 aliphatic rings. The number of aryl methyl sites for hydroxylation is 2. The van der Waals surface area contributed by atoms with Crippen molar-refractivity contribution >= 4 is 15.9 Å². The smallest absolute Gasteiger partial charge is 0.0886 e. The lowest BCUT2D eigenvalue weighted by Gasteiger charge is -2.08. The van der Waals surface area contributed by atoms with Crippen LogP contribution >= 0.6 is 15.9 Å². The summed E-state index contributed by atoms with van der Waals surface area (Å²) in [4.78, 5) is 0. The van der Waals surface area contributed by atoms with Crippen molar-refractivity contribution in [2.24, 2.45) is 0 Å². The second kappa shape index (κ2) is 4.39. The van der Waals surface area contributed by atoms with Crippen molar-refractivity contribution in [2.75, 3.05) is 0 Å². The van der Waals surface area contributed by atoms with Crippen LogP contribution in [0.15, 0.2) is 28.7 Å². The lowest BCUT2D eigenvalue weighted by Crippen LogP contribution is -2.01.